The zero-order chi connectivity index (χ0) is 12.4. The maximum Gasteiger partial charge on any atom is 0.118 e. The molecule has 0 atom stereocenters. The first-order valence-electron chi connectivity index (χ1n) is 6.86. The second kappa shape index (κ2) is 4.90. The molecule has 3 nitrogen and oxygen atoms in total. The molecule has 0 aromatic heterocycles. The number of likely N-dealkylation sites (tertiary alicyclic amines) is 1. The largest absolute Gasteiger partial charge is 0.497 e. The fourth-order valence-corrected chi connectivity index (χ4v) is 3.28. The minimum Gasteiger partial charge on any atom is -0.497 e. The Morgan fingerprint density at radius 1 is 1.17 bits per heavy atom. The number of hydrogen-bond acceptors (Lipinski definition) is 3. The van der Waals surface area contributed by atoms with Gasteiger partial charge in [-0.05, 0) is 49.0 Å². The number of hydrogen-bond donors (Lipinski definition) is 1. The lowest BCUT2D eigenvalue weighted by Crippen LogP contribution is -2.59. The van der Waals surface area contributed by atoms with Gasteiger partial charge in [-0.3, -0.25) is 4.90 Å². The molecule has 18 heavy (non-hydrogen) atoms. The van der Waals surface area contributed by atoms with Crippen LogP contribution < -0.4 is 10.1 Å². The number of nitrogens with one attached hydrogen (secondary N) is 1. The fourth-order valence-electron chi connectivity index (χ4n) is 3.28. The highest BCUT2D eigenvalue weighted by Crippen LogP contribution is 2.39. The molecule has 2 aliphatic rings. The standard InChI is InChI=1S/C15H22N2O/c1-18-14-4-2-13(3-5-14)10-17-11-15(12-17)6-8-16-9-7-15/h2-5,16H,6-12H2,1H3. The summed E-state index contributed by atoms with van der Waals surface area (Å²) in [6.45, 7) is 6.05. The van der Waals surface area contributed by atoms with Crippen molar-refractivity contribution in [1.82, 2.24) is 10.2 Å². The molecule has 1 spiro atoms. The van der Waals surface area contributed by atoms with Gasteiger partial charge in [-0.2, -0.15) is 0 Å². The van der Waals surface area contributed by atoms with Crippen LogP contribution in [-0.4, -0.2) is 38.2 Å². The van der Waals surface area contributed by atoms with Gasteiger partial charge in [-0.25, -0.2) is 0 Å². The SMILES string of the molecule is COc1ccc(CN2CC3(CCNCC3)C2)cc1. The number of nitrogens with zero attached hydrogens (tertiary/aromatic N) is 1. The van der Waals surface area contributed by atoms with E-state index in [9.17, 15) is 0 Å². The Morgan fingerprint density at radius 2 is 1.83 bits per heavy atom. The third kappa shape index (κ3) is 2.38. The molecule has 3 heteroatoms. The highest BCUT2D eigenvalue weighted by molar-refractivity contribution is 5.27. The summed E-state index contributed by atoms with van der Waals surface area (Å²) in [6.07, 6.45) is 2.71. The van der Waals surface area contributed by atoms with E-state index in [0.29, 0.717) is 5.41 Å². The Labute approximate surface area is 109 Å². The average molecular weight is 246 g/mol. The summed E-state index contributed by atoms with van der Waals surface area (Å²) in [4.78, 5) is 2.56. The van der Waals surface area contributed by atoms with Crippen molar-refractivity contribution in [2.24, 2.45) is 5.41 Å². The van der Waals surface area contributed by atoms with Gasteiger partial charge in [0.05, 0.1) is 7.11 Å². The van der Waals surface area contributed by atoms with Crippen LogP contribution >= 0.6 is 0 Å². The highest BCUT2D eigenvalue weighted by Gasteiger charge is 2.42. The Bertz CT molecular complexity index is 387. The first kappa shape index (κ1) is 12.0. The van der Waals surface area contributed by atoms with Crippen LogP contribution in [0.3, 0.4) is 0 Å². The van der Waals surface area contributed by atoms with Gasteiger partial charge >= 0.3 is 0 Å². The average Bonchev–Trinajstić information content (AvgIpc) is 2.39. The van der Waals surface area contributed by atoms with Gasteiger partial charge in [0, 0.05) is 19.6 Å². The molecular weight excluding hydrogens is 224 g/mol. The first-order chi connectivity index (χ1) is 8.80. The van der Waals surface area contributed by atoms with Crippen LogP contribution in [0.25, 0.3) is 0 Å². The Morgan fingerprint density at radius 3 is 2.44 bits per heavy atom. The summed E-state index contributed by atoms with van der Waals surface area (Å²) < 4.78 is 5.18. The number of benzene rings is 1. The lowest BCUT2D eigenvalue weighted by atomic mass is 9.72. The van der Waals surface area contributed by atoms with Gasteiger partial charge in [0.25, 0.3) is 0 Å². The summed E-state index contributed by atoms with van der Waals surface area (Å²) in [5.41, 5.74) is 2.03. The van der Waals surface area contributed by atoms with Gasteiger partial charge in [-0.1, -0.05) is 12.1 Å². The van der Waals surface area contributed by atoms with Crippen molar-refractivity contribution in [2.45, 2.75) is 19.4 Å². The molecule has 98 valence electrons. The van der Waals surface area contributed by atoms with Gasteiger partial charge in [0.2, 0.25) is 0 Å². The monoisotopic (exact) mass is 246 g/mol. The molecule has 2 aliphatic heterocycles. The Hall–Kier alpha value is -1.06. The Balaban J connectivity index is 1.52. The van der Waals surface area contributed by atoms with Crippen LogP contribution in [0.2, 0.25) is 0 Å². The zero-order valence-corrected chi connectivity index (χ0v) is 11.1. The van der Waals surface area contributed by atoms with Gasteiger partial charge in [0.15, 0.2) is 0 Å². The molecule has 2 fully saturated rings. The summed E-state index contributed by atoms with van der Waals surface area (Å²) in [5.74, 6) is 0.942. The van der Waals surface area contributed by atoms with E-state index >= 15 is 0 Å². The minimum absolute atomic E-state index is 0.637. The molecule has 0 aliphatic carbocycles. The molecule has 2 heterocycles. The molecule has 1 aromatic carbocycles. The van der Waals surface area contributed by atoms with E-state index in [4.69, 9.17) is 4.74 Å². The molecule has 0 radical (unpaired) electrons. The zero-order valence-electron chi connectivity index (χ0n) is 11.1. The molecule has 0 amide bonds. The second-order valence-corrected chi connectivity index (χ2v) is 5.74. The van der Waals surface area contributed by atoms with Crippen molar-refractivity contribution < 1.29 is 4.74 Å². The Kier molecular flexibility index (Phi) is 3.27. The van der Waals surface area contributed by atoms with E-state index < -0.39 is 0 Å². The van der Waals surface area contributed by atoms with Crippen LogP contribution in [0.15, 0.2) is 24.3 Å². The molecule has 3 rings (SSSR count). The smallest absolute Gasteiger partial charge is 0.118 e. The quantitative estimate of drug-likeness (QED) is 0.881. The summed E-state index contributed by atoms with van der Waals surface area (Å²) >= 11 is 0. The van der Waals surface area contributed by atoms with Gasteiger partial charge in [0.1, 0.15) is 5.75 Å². The van der Waals surface area contributed by atoms with Crippen molar-refractivity contribution in [2.75, 3.05) is 33.3 Å². The molecule has 0 unspecified atom stereocenters. The van der Waals surface area contributed by atoms with Crippen LogP contribution in [-0.2, 0) is 6.54 Å². The van der Waals surface area contributed by atoms with Crippen LogP contribution in [0.5, 0.6) is 5.75 Å². The fraction of sp³-hybridized carbons (Fsp3) is 0.600. The van der Waals surface area contributed by atoms with Crippen molar-refractivity contribution >= 4 is 0 Å². The van der Waals surface area contributed by atoms with Crippen LogP contribution in [0.1, 0.15) is 18.4 Å². The second-order valence-electron chi connectivity index (χ2n) is 5.74. The predicted molar refractivity (Wildman–Crippen MR) is 72.8 cm³/mol. The van der Waals surface area contributed by atoms with Crippen LogP contribution in [0.4, 0.5) is 0 Å². The lowest BCUT2D eigenvalue weighted by Gasteiger charge is -2.52. The molecule has 1 aromatic rings. The van der Waals surface area contributed by atoms with E-state index in [-0.39, 0.29) is 0 Å². The van der Waals surface area contributed by atoms with Crippen molar-refractivity contribution in [3.05, 3.63) is 29.8 Å². The topological polar surface area (TPSA) is 24.5 Å². The van der Waals surface area contributed by atoms with E-state index in [1.165, 1.54) is 44.6 Å². The number of methoxy groups -OCH3 is 1. The number of piperidine rings is 1. The van der Waals surface area contributed by atoms with E-state index in [1.807, 2.05) is 0 Å². The number of rotatable bonds is 3. The summed E-state index contributed by atoms with van der Waals surface area (Å²) in [6, 6.07) is 8.45. The van der Waals surface area contributed by atoms with Crippen LogP contribution in [0, 0.1) is 5.41 Å². The van der Waals surface area contributed by atoms with Crippen molar-refractivity contribution in [3.63, 3.8) is 0 Å². The number of ether oxygens (including phenoxy) is 1. The third-order valence-corrected chi connectivity index (χ3v) is 4.35. The summed E-state index contributed by atoms with van der Waals surface area (Å²) in [7, 11) is 1.71. The minimum atomic E-state index is 0.637. The molecule has 0 saturated carbocycles. The van der Waals surface area contributed by atoms with E-state index in [2.05, 4.69) is 34.5 Å². The lowest BCUT2D eigenvalue weighted by molar-refractivity contribution is -0.0282. The predicted octanol–water partition coefficient (Wildman–Crippen LogP) is 1.88. The van der Waals surface area contributed by atoms with E-state index in [0.717, 1.165) is 12.3 Å². The first-order valence-corrected chi connectivity index (χ1v) is 6.86. The van der Waals surface area contributed by atoms with Gasteiger partial charge < -0.3 is 10.1 Å². The van der Waals surface area contributed by atoms with E-state index in [1.54, 1.807) is 7.11 Å². The molecular formula is C15H22N2O. The molecule has 0 bridgehead atoms. The van der Waals surface area contributed by atoms with Gasteiger partial charge in [-0.15, -0.1) is 0 Å². The van der Waals surface area contributed by atoms with Crippen molar-refractivity contribution in [3.8, 4) is 5.75 Å². The summed E-state index contributed by atoms with van der Waals surface area (Å²) in [5, 5.41) is 3.45. The van der Waals surface area contributed by atoms with Crippen molar-refractivity contribution in [1.29, 1.82) is 0 Å². The third-order valence-electron chi connectivity index (χ3n) is 4.35. The highest BCUT2D eigenvalue weighted by atomic mass is 16.5. The maximum absolute atomic E-state index is 5.18. The normalized spacial score (nSPS) is 22.7. The maximum atomic E-state index is 5.18. The molecule has 2 saturated heterocycles. The molecule has 1 N–H and O–H groups in total.